The molecular weight excluding hydrogens is 486 g/mol. The van der Waals surface area contributed by atoms with Crippen LogP contribution in [0.4, 0.5) is 17.6 Å². The van der Waals surface area contributed by atoms with Crippen molar-refractivity contribution in [3.05, 3.63) is 101 Å². The lowest BCUT2D eigenvalue weighted by Crippen LogP contribution is -2.31. The monoisotopic (exact) mass is 507 g/mol. The van der Waals surface area contributed by atoms with E-state index < -0.39 is 40.9 Å². The van der Waals surface area contributed by atoms with Gasteiger partial charge in [-0.05, 0) is 47.7 Å². The molecule has 4 aromatic rings. The fourth-order valence-electron chi connectivity index (χ4n) is 4.24. The molecule has 0 amide bonds. The molecule has 4 nitrogen and oxygen atoms in total. The van der Waals surface area contributed by atoms with Gasteiger partial charge in [-0.2, -0.15) is 5.26 Å². The molecule has 4 aromatic carbocycles. The van der Waals surface area contributed by atoms with Gasteiger partial charge >= 0.3 is 0 Å². The molecule has 0 unspecified atom stereocenters. The van der Waals surface area contributed by atoms with Crippen molar-refractivity contribution < 1.29 is 31.8 Å². The topological polar surface area (TPSA) is 51.5 Å². The van der Waals surface area contributed by atoms with E-state index in [1.54, 1.807) is 18.2 Å². The summed E-state index contributed by atoms with van der Waals surface area (Å²) in [4.78, 5) is 0. The van der Waals surface area contributed by atoms with Gasteiger partial charge in [0, 0.05) is 16.9 Å². The Labute approximate surface area is 210 Å². The molecular formula is C29H21F4NO3. The molecule has 0 aliphatic carbocycles. The zero-order valence-electron chi connectivity index (χ0n) is 19.7. The van der Waals surface area contributed by atoms with E-state index >= 15 is 0 Å². The Bertz CT molecular complexity index is 1480. The molecule has 0 aromatic heterocycles. The van der Waals surface area contributed by atoms with Crippen LogP contribution in [0.1, 0.15) is 23.0 Å². The van der Waals surface area contributed by atoms with E-state index in [-0.39, 0.29) is 36.5 Å². The molecule has 1 saturated heterocycles. The Morgan fingerprint density at radius 3 is 2.19 bits per heavy atom. The Balaban J connectivity index is 1.22. The van der Waals surface area contributed by atoms with E-state index in [9.17, 15) is 17.6 Å². The molecule has 0 spiro atoms. The third kappa shape index (κ3) is 5.01. The van der Waals surface area contributed by atoms with Crippen LogP contribution in [0.3, 0.4) is 0 Å². The number of hydrogen-bond acceptors (Lipinski definition) is 4. The summed E-state index contributed by atoms with van der Waals surface area (Å²) in [7, 11) is 0. The third-order valence-electron chi connectivity index (χ3n) is 6.25. The van der Waals surface area contributed by atoms with Gasteiger partial charge in [-0.3, -0.25) is 0 Å². The maximum absolute atomic E-state index is 14.6. The smallest absolute Gasteiger partial charge is 0.190 e. The van der Waals surface area contributed by atoms with Crippen molar-refractivity contribution in [3.8, 4) is 22.9 Å². The van der Waals surface area contributed by atoms with Crippen LogP contribution in [0.2, 0.25) is 0 Å². The molecule has 0 saturated carbocycles. The highest BCUT2D eigenvalue weighted by atomic mass is 19.1. The lowest BCUT2D eigenvalue weighted by Gasteiger charge is -2.29. The number of nitriles is 1. The molecule has 1 heterocycles. The highest BCUT2D eigenvalue weighted by Gasteiger charge is 2.26. The minimum atomic E-state index is -0.946. The number of ether oxygens (including phenoxy) is 3. The van der Waals surface area contributed by atoms with Crippen molar-refractivity contribution in [1.82, 2.24) is 0 Å². The Hall–Kier alpha value is -3.93. The first-order valence-corrected chi connectivity index (χ1v) is 11.6. The second-order valence-electron chi connectivity index (χ2n) is 8.95. The van der Waals surface area contributed by atoms with Crippen molar-refractivity contribution in [2.24, 2.45) is 5.92 Å². The van der Waals surface area contributed by atoms with Crippen molar-refractivity contribution in [3.63, 3.8) is 0 Å². The van der Waals surface area contributed by atoms with Crippen molar-refractivity contribution >= 4 is 10.8 Å². The first-order chi connectivity index (χ1) is 17.8. The summed E-state index contributed by atoms with van der Waals surface area (Å²) >= 11 is 0. The van der Waals surface area contributed by atoms with E-state index in [2.05, 4.69) is 0 Å². The molecule has 0 N–H and O–H groups in total. The molecule has 5 rings (SSSR count). The first-order valence-electron chi connectivity index (χ1n) is 11.6. The van der Waals surface area contributed by atoms with Gasteiger partial charge in [-0.1, -0.05) is 42.0 Å². The van der Waals surface area contributed by atoms with Gasteiger partial charge in [0.05, 0.1) is 19.8 Å². The fraction of sp³-hybridized carbons (Fsp3) is 0.207. The standard InChI is InChI=1S/C29H21F4NO3/c1-16-2-4-18(5-3-16)20-9-25(31)28(26(32)10-20)35-13-17-14-36-29(37-15-17)19-6-7-22-21(8-19)11-24(30)23(12-34)27(22)33/h2-11,17,29H,13-15H2,1H3. The van der Waals surface area contributed by atoms with Crippen LogP contribution in [0.15, 0.2) is 60.7 Å². The van der Waals surface area contributed by atoms with Crippen molar-refractivity contribution in [2.75, 3.05) is 19.8 Å². The average Bonchev–Trinajstić information content (AvgIpc) is 2.89. The van der Waals surface area contributed by atoms with Crippen molar-refractivity contribution in [2.45, 2.75) is 13.2 Å². The number of nitrogens with zero attached hydrogens (tertiary/aromatic N) is 1. The van der Waals surface area contributed by atoms with Gasteiger partial charge in [0.2, 0.25) is 0 Å². The third-order valence-corrected chi connectivity index (χ3v) is 6.25. The Morgan fingerprint density at radius 2 is 1.54 bits per heavy atom. The van der Waals surface area contributed by atoms with E-state index in [1.165, 1.54) is 30.3 Å². The highest BCUT2D eigenvalue weighted by Crippen LogP contribution is 2.32. The molecule has 188 valence electrons. The summed E-state index contributed by atoms with van der Waals surface area (Å²) in [6.07, 6.45) is -0.787. The van der Waals surface area contributed by atoms with Crippen LogP contribution in [-0.4, -0.2) is 19.8 Å². The van der Waals surface area contributed by atoms with E-state index in [0.29, 0.717) is 16.7 Å². The van der Waals surface area contributed by atoms with Crippen molar-refractivity contribution in [1.29, 1.82) is 5.26 Å². The van der Waals surface area contributed by atoms with Crippen LogP contribution in [0.5, 0.6) is 5.75 Å². The summed E-state index contributed by atoms with van der Waals surface area (Å²) in [5, 5.41) is 9.31. The molecule has 0 radical (unpaired) electrons. The number of rotatable bonds is 5. The van der Waals surface area contributed by atoms with Gasteiger partial charge in [0.25, 0.3) is 0 Å². The molecule has 1 fully saturated rings. The first kappa shape index (κ1) is 24.8. The second kappa shape index (κ2) is 10.2. The zero-order chi connectivity index (χ0) is 26.1. The van der Waals surface area contributed by atoms with E-state index in [0.717, 1.165) is 11.6 Å². The molecule has 1 aliphatic rings. The number of aryl methyl sites for hydroxylation is 1. The highest BCUT2D eigenvalue weighted by molar-refractivity contribution is 5.85. The lowest BCUT2D eigenvalue weighted by atomic mass is 10.0. The van der Waals surface area contributed by atoms with Gasteiger partial charge in [0.1, 0.15) is 17.4 Å². The summed E-state index contributed by atoms with van der Waals surface area (Å²) < 4.78 is 74.6. The number of halogens is 4. The van der Waals surface area contributed by atoms with Crippen LogP contribution in [0, 0.1) is 47.4 Å². The maximum atomic E-state index is 14.6. The van der Waals surface area contributed by atoms with E-state index in [4.69, 9.17) is 19.5 Å². The second-order valence-corrected chi connectivity index (χ2v) is 8.95. The average molecular weight is 507 g/mol. The van der Waals surface area contributed by atoms with Gasteiger partial charge in [-0.25, -0.2) is 17.6 Å². The van der Waals surface area contributed by atoms with Gasteiger partial charge in [0.15, 0.2) is 29.5 Å². The summed E-state index contributed by atoms with van der Waals surface area (Å²) in [5.74, 6) is -4.23. The number of benzene rings is 4. The predicted octanol–water partition coefficient (Wildman–Crippen LogP) is 6.98. The lowest BCUT2D eigenvalue weighted by molar-refractivity contribution is -0.208. The minimum Gasteiger partial charge on any atom is -0.487 e. The summed E-state index contributed by atoms with van der Waals surface area (Å²) in [6, 6.07) is 16.9. The summed E-state index contributed by atoms with van der Waals surface area (Å²) in [5.41, 5.74) is 2.06. The molecule has 1 aliphatic heterocycles. The summed E-state index contributed by atoms with van der Waals surface area (Å²) in [6.45, 7) is 2.27. The quantitative estimate of drug-likeness (QED) is 0.274. The number of fused-ring (bicyclic) bond motifs is 1. The predicted molar refractivity (Wildman–Crippen MR) is 129 cm³/mol. The van der Waals surface area contributed by atoms with Gasteiger partial charge in [-0.15, -0.1) is 0 Å². The van der Waals surface area contributed by atoms with E-state index in [1.807, 2.05) is 19.1 Å². The molecule has 0 bridgehead atoms. The maximum Gasteiger partial charge on any atom is 0.190 e. The minimum absolute atomic E-state index is 0.0322. The molecule has 8 heteroatoms. The number of hydrogen-bond donors (Lipinski definition) is 0. The Kier molecular flexibility index (Phi) is 6.83. The van der Waals surface area contributed by atoms with Crippen LogP contribution in [0.25, 0.3) is 21.9 Å². The zero-order valence-corrected chi connectivity index (χ0v) is 19.7. The van der Waals surface area contributed by atoms with Crippen LogP contribution in [-0.2, 0) is 9.47 Å². The molecule has 37 heavy (non-hydrogen) atoms. The normalized spacial score (nSPS) is 17.5. The van der Waals surface area contributed by atoms with Crippen LogP contribution < -0.4 is 4.74 Å². The molecule has 0 atom stereocenters. The SMILES string of the molecule is Cc1ccc(-c2cc(F)c(OCC3COC(c4ccc5c(F)c(C#N)c(F)cc5c4)OC3)c(F)c2)cc1. The van der Waals surface area contributed by atoms with Crippen LogP contribution >= 0.6 is 0 Å². The Morgan fingerprint density at radius 1 is 0.865 bits per heavy atom. The largest absolute Gasteiger partial charge is 0.487 e. The van der Waals surface area contributed by atoms with Gasteiger partial charge < -0.3 is 14.2 Å². The fourth-order valence-corrected chi connectivity index (χ4v) is 4.24.